The molecule has 0 N–H and O–H groups in total. The van der Waals surface area contributed by atoms with Crippen LogP contribution in [0.15, 0.2) is 0 Å². The maximum absolute atomic E-state index is 0. The number of hydrogen-bond donors (Lipinski definition) is 0. The second-order valence-electron chi connectivity index (χ2n) is 0. The van der Waals surface area contributed by atoms with E-state index < -0.39 is 0 Å². The average molecular weight is 519 g/mol. The molecule has 0 aliphatic rings. The van der Waals surface area contributed by atoms with Gasteiger partial charge in [-0.2, -0.15) is 0 Å². The molecule has 8 heavy (non-hydrogen) atoms. The minimum Gasteiger partial charge on any atom is -2.00 e. The van der Waals surface area contributed by atoms with Crippen molar-refractivity contribution >= 4 is 75.1 Å². The zero-order valence-corrected chi connectivity index (χ0v) is 13.8. The summed E-state index contributed by atoms with van der Waals surface area (Å²) in [7, 11) is 0. The van der Waals surface area contributed by atoms with E-state index >= 15 is 0 Å². The molecule has 0 atom stereocenters. The Balaban J connectivity index is 0. The van der Waals surface area contributed by atoms with Gasteiger partial charge in [-0.25, -0.2) is 0 Å². The number of rotatable bonds is 0. The maximum Gasteiger partial charge on any atom is 5.00 e. The average Bonchev–Trinajstić information content (AvgIpc) is 0. The van der Waals surface area contributed by atoms with Gasteiger partial charge < -0.3 is 27.4 Å². The van der Waals surface area contributed by atoms with Crippen molar-refractivity contribution in [3.8, 4) is 0 Å². The van der Waals surface area contributed by atoms with Gasteiger partial charge in [-0.05, 0) is 0 Å². The summed E-state index contributed by atoms with van der Waals surface area (Å²) in [4.78, 5) is 0. The van der Waals surface area contributed by atoms with Crippen molar-refractivity contribution in [3.63, 3.8) is 0 Å². The van der Waals surface area contributed by atoms with Crippen LogP contribution in [-0.2, 0) is 49.8 Å². The van der Waals surface area contributed by atoms with Gasteiger partial charge in [-0.3, -0.25) is 0 Å². The first-order valence-electron chi connectivity index (χ1n) is 0. The van der Waals surface area contributed by atoms with Crippen LogP contribution in [0.4, 0.5) is 0 Å². The zero-order chi connectivity index (χ0) is 0. The molecule has 0 saturated heterocycles. The van der Waals surface area contributed by atoms with E-state index in [9.17, 15) is 0 Å². The van der Waals surface area contributed by atoms with Crippen LogP contribution in [0, 0.1) is 0 Å². The van der Waals surface area contributed by atoms with Crippen LogP contribution in [0.25, 0.3) is 0 Å². The van der Waals surface area contributed by atoms with Crippen LogP contribution in [0.5, 0.6) is 0 Å². The fourth-order valence-electron chi connectivity index (χ4n) is 0. The molecule has 5 nitrogen and oxygen atoms in total. The van der Waals surface area contributed by atoms with Crippen LogP contribution in [0.3, 0.4) is 0 Å². The van der Waals surface area contributed by atoms with Crippen molar-refractivity contribution in [1.82, 2.24) is 0 Å². The Morgan fingerprint density at radius 2 is 0.500 bits per heavy atom. The summed E-state index contributed by atoms with van der Waals surface area (Å²) in [5.41, 5.74) is 0. The van der Waals surface area contributed by atoms with Gasteiger partial charge in [0.1, 0.15) is 0 Å². The van der Waals surface area contributed by atoms with Crippen molar-refractivity contribution in [3.05, 3.63) is 0 Å². The zero-order valence-electron chi connectivity index (χ0n) is 3.64. The molecular formula is BaBiNbO5. The molecule has 0 aromatic carbocycles. The molecule has 0 saturated carbocycles. The monoisotopic (exact) mass is 520 g/mol. The molecule has 0 aromatic rings. The van der Waals surface area contributed by atoms with Crippen LogP contribution < -0.4 is 0 Å². The Bertz CT molecular complexity index is 12.4. The van der Waals surface area contributed by atoms with Gasteiger partial charge in [0.05, 0.1) is 0 Å². The van der Waals surface area contributed by atoms with Gasteiger partial charge in [-0.1, -0.05) is 0 Å². The Hall–Kier alpha value is 2.99. The molecule has 0 aromatic heterocycles. The van der Waals surface area contributed by atoms with E-state index in [2.05, 4.69) is 0 Å². The Kier molecular flexibility index (Phi) is 1380. The van der Waals surface area contributed by atoms with E-state index in [0.717, 1.165) is 0 Å². The smallest absolute Gasteiger partial charge is 2.00 e. The van der Waals surface area contributed by atoms with Crippen LogP contribution >= 0.6 is 0 Å². The third kappa shape index (κ3) is 64.1. The van der Waals surface area contributed by atoms with Crippen molar-refractivity contribution in [2.24, 2.45) is 0 Å². The minimum absolute atomic E-state index is 0. The first-order chi connectivity index (χ1) is 0. The largest absolute Gasteiger partial charge is 5.00 e. The molecule has 2 radical (unpaired) electrons. The van der Waals surface area contributed by atoms with Gasteiger partial charge in [0.15, 0.2) is 0 Å². The Labute approximate surface area is 122 Å². The van der Waals surface area contributed by atoms with Gasteiger partial charge in [0, 0.05) is 0 Å². The normalized spacial score (nSPS) is 0. The molecule has 0 spiro atoms. The fourth-order valence-corrected chi connectivity index (χ4v) is 0. The van der Waals surface area contributed by atoms with Crippen molar-refractivity contribution < 1.29 is 49.8 Å². The van der Waals surface area contributed by atoms with E-state index in [-0.39, 0.29) is 125 Å². The van der Waals surface area contributed by atoms with Crippen LogP contribution in [0.1, 0.15) is 0 Å². The predicted molar refractivity (Wildman–Crippen MR) is 14.9 cm³/mol. The molecule has 0 amide bonds. The predicted octanol–water partition coefficient (Wildman–Crippen LogP) is -1.36. The van der Waals surface area contributed by atoms with E-state index in [4.69, 9.17) is 0 Å². The van der Waals surface area contributed by atoms with Gasteiger partial charge >= 0.3 is 97.5 Å². The third-order valence-corrected chi connectivity index (χ3v) is 0. The summed E-state index contributed by atoms with van der Waals surface area (Å²) >= 11 is 0. The summed E-state index contributed by atoms with van der Waals surface area (Å²) < 4.78 is 0. The SMILES string of the molecule is [Ba+2].[Bi+3].[Nb+5].[O-2].[O-2].[O-2].[O-2].[O-2]. The van der Waals surface area contributed by atoms with E-state index in [1.807, 2.05) is 0 Å². The molecule has 0 aliphatic carbocycles. The summed E-state index contributed by atoms with van der Waals surface area (Å²) in [6.07, 6.45) is 0. The summed E-state index contributed by atoms with van der Waals surface area (Å²) in [6, 6.07) is 0. The van der Waals surface area contributed by atoms with Crippen molar-refractivity contribution in [2.45, 2.75) is 0 Å². The van der Waals surface area contributed by atoms with E-state index in [1.165, 1.54) is 0 Å². The fraction of sp³-hybridized carbons (Fsp3) is 0. The molecule has 42 valence electrons. The third-order valence-electron chi connectivity index (χ3n) is 0. The minimum atomic E-state index is 0. The molecule has 0 heterocycles. The topological polar surface area (TPSA) is 142 Å². The van der Waals surface area contributed by atoms with Crippen LogP contribution in [-0.4, -0.2) is 75.1 Å². The van der Waals surface area contributed by atoms with Gasteiger partial charge in [0.25, 0.3) is 0 Å². The first kappa shape index (κ1) is 122. The van der Waals surface area contributed by atoms with Gasteiger partial charge in [-0.15, -0.1) is 0 Å². The van der Waals surface area contributed by atoms with E-state index in [1.54, 1.807) is 0 Å². The number of hydrogen-bond acceptors (Lipinski definition) is 0. The van der Waals surface area contributed by atoms with Crippen molar-refractivity contribution in [2.75, 3.05) is 0 Å². The molecule has 0 bridgehead atoms. The quantitative estimate of drug-likeness (QED) is 0.349. The second-order valence-corrected chi connectivity index (χ2v) is 0. The van der Waals surface area contributed by atoms with E-state index in [0.29, 0.717) is 0 Å². The molecular weight excluding hydrogens is 519 g/mol. The summed E-state index contributed by atoms with van der Waals surface area (Å²) in [5, 5.41) is 0. The standard InChI is InChI=1S/Ba.Bi.Nb.5O/q+2;+3;+5;5*-2. The molecule has 0 rings (SSSR count). The molecule has 8 heteroatoms. The van der Waals surface area contributed by atoms with Gasteiger partial charge in [0.2, 0.25) is 0 Å². The maximum atomic E-state index is 0. The molecule has 0 unspecified atom stereocenters. The Morgan fingerprint density at radius 1 is 0.500 bits per heavy atom. The molecule has 0 aliphatic heterocycles. The van der Waals surface area contributed by atoms with Crippen LogP contribution in [0.2, 0.25) is 0 Å². The summed E-state index contributed by atoms with van der Waals surface area (Å²) in [5.74, 6) is 0. The van der Waals surface area contributed by atoms with Crippen molar-refractivity contribution in [1.29, 1.82) is 0 Å². The Morgan fingerprint density at radius 3 is 0.500 bits per heavy atom. The summed E-state index contributed by atoms with van der Waals surface area (Å²) in [6.45, 7) is 0. The second kappa shape index (κ2) is 90.2. The molecule has 0 fully saturated rings. The first-order valence-corrected chi connectivity index (χ1v) is 0.